The minimum Gasteiger partial charge on any atom is -0.340 e. The second-order valence-corrected chi connectivity index (χ2v) is 10.9. The first kappa shape index (κ1) is 26.4. The highest BCUT2D eigenvalue weighted by atomic mass is 35.5. The van der Waals surface area contributed by atoms with Crippen molar-refractivity contribution in [3.8, 4) is 5.69 Å². The number of carbonyl (C=O) groups is 1. The molecule has 10 heteroatoms. The van der Waals surface area contributed by atoms with Crippen molar-refractivity contribution in [3.63, 3.8) is 0 Å². The number of aromatic amines is 1. The Bertz CT molecular complexity index is 1520. The molecule has 1 aliphatic heterocycles. The maximum Gasteiger partial charge on any atom is 0.262 e. The highest BCUT2D eigenvalue weighted by Gasteiger charge is 2.23. The van der Waals surface area contributed by atoms with Crippen LogP contribution in [0.3, 0.4) is 0 Å². The summed E-state index contributed by atoms with van der Waals surface area (Å²) < 4.78 is 1.57. The number of H-pyrrole nitrogens is 1. The van der Waals surface area contributed by atoms with Gasteiger partial charge in [-0.1, -0.05) is 67.4 Å². The van der Waals surface area contributed by atoms with Gasteiger partial charge < -0.3 is 14.8 Å². The molecule has 4 aromatic rings. The summed E-state index contributed by atoms with van der Waals surface area (Å²) in [6.07, 6.45) is 0.789. The number of likely N-dealkylation sites (N-methyl/N-ethyl adjacent to an activating group) is 1. The third-order valence-corrected chi connectivity index (χ3v) is 7.53. The molecule has 38 heavy (non-hydrogen) atoms. The van der Waals surface area contributed by atoms with E-state index >= 15 is 0 Å². The maximum absolute atomic E-state index is 13.2. The van der Waals surface area contributed by atoms with Crippen LogP contribution in [0.2, 0.25) is 10.0 Å². The molecule has 3 heterocycles. The van der Waals surface area contributed by atoms with Crippen LogP contribution >= 0.6 is 23.2 Å². The van der Waals surface area contributed by atoms with Gasteiger partial charge in [0.05, 0.1) is 22.2 Å². The van der Waals surface area contributed by atoms with Gasteiger partial charge in [0.2, 0.25) is 5.91 Å². The number of hydrogen-bond donors (Lipinski definition) is 1. The molecule has 198 valence electrons. The number of halogens is 2. The van der Waals surface area contributed by atoms with Gasteiger partial charge in [-0.2, -0.15) is 5.10 Å². The van der Waals surface area contributed by atoms with Crippen LogP contribution in [0.1, 0.15) is 42.4 Å². The number of nitrogens with one attached hydrogen (secondary N) is 1. The monoisotopic (exact) mass is 552 g/mol. The largest absolute Gasteiger partial charge is 0.340 e. The lowest BCUT2D eigenvalue weighted by atomic mass is 10.1. The van der Waals surface area contributed by atoms with Gasteiger partial charge in [0.1, 0.15) is 16.9 Å². The number of aromatic nitrogens is 4. The van der Waals surface area contributed by atoms with Crippen molar-refractivity contribution in [1.82, 2.24) is 29.5 Å². The number of benzene rings is 2. The molecule has 0 spiro atoms. The van der Waals surface area contributed by atoms with E-state index in [2.05, 4.69) is 16.9 Å². The van der Waals surface area contributed by atoms with Crippen LogP contribution in [-0.4, -0.2) is 68.7 Å². The van der Waals surface area contributed by atoms with E-state index in [9.17, 15) is 9.59 Å². The predicted molar refractivity (Wildman–Crippen MR) is 151 cm³/mol. The average Bonchev–Trinajstić information content (AvgIpc) is 3.25. The topological polar surface area (TPSA) is 87.1 Å². The number of rotatable bonds is 6. The summed E-state index contributed by atoms with van der Waals surface area (Å²) in [5.74, 6) is 0.646. The lowest BCUT2D eigenvalue weighted by Crippen LogP contribution is -2.47. The van der Waals surface area contributed by atoms with E-state index in [0.29, 0.717) is 51.1 Å². The Morgan fingerprint density at radius 2 is 1.63 bits per heavy atom. The fourth-order valence-corrected chi connectivity index (χ4v) is 5.30. The van der Waals surface area contributed by atoms with Crippen molar-refractivity contribution < 1.29 is 4.79 Å². The van der Waals surface area contributed by atoms with Crippen molar-refractivity contribution in [2.75, 3.05) is 33.2 Å². The number of carbonyl (C=O) groups excluding carboxylic acids is 1. The molecular formula is C28H30Cl2N6O2. The lowest BCUT2D eigenvalue weighted by Gasteiger charge is -2.32. The summed E-state index contributed by atoms with van der Waals surface area (Å²) in [5, 5.41) is 5.96. The summed E-state index contributed by atoms with van der Waals surface area (Å²) in [6, 6.07) is 13.1. The normalized spacial score (nSPS) is 14.5. The van der Waals surface area contributed by atoms with Crippen molar-refractivity contribution in [1.29, 1.82) is 0 Å². The first-order valence-corrected chi connectivity index (χ1v) is 13.5. The predicted octanol–water partition coefficient (Wildman–Crippen LogP) is 4.45. The van der Waals surface area contributed by atoms with Crippen LogP contribution < -0.4 is 5.56 Å². The summed E-state index contributed by atoms with van der Waals surface area (Å²) in [4.78, 5) is 37.8. The van der Waals surface area contributed by atoms with Crippen molar-refractivity contribution in [3.05, 3.63) is 85.5 Å². The van der Waals surface area contributed by atoms with Crippen LogP contribution in [0.5, 0.6) is 0 Å². The third-order valence-electron chi connectivity index (χ3n) is 6.92. The molecule has 0 unspecified atom stereocenters. The number of nitrogens with zero attached hydrogens (tertiary/aromatic N) is 5. The zero-order valence-corrected chi connectivity index (χ0v) is 23.2. The highest BCUT2D eigenvalue weighted by Crippen LogP contribution is 2.32. The quantitative estimate of drug-likeness (QED) is 0.382. The van der Waals surface area contributed by atoms with Gasteiger partial charge in [-0.05, 0) is 36.2 Å². The molecule has 0 bridgehead atoms. The van der Waals surface area contributed by atoms with E-state index in [1.165, 1.54) is 0 Å². The molecule has 2 aromatic heterocycles. The van der Waals surface area contributed by atoms with Crippen molar-refractivity contribution >= 4 is 40.1 Å². The van der Waals surface area contributed by atoms with Gasteiger partial charge in [-0.25, -0.2) is 9.67 Å². The zero-order valence-electron chi connectivity index (χ0n) is 21.7. The molecule has 5 rings (SSSR count). The van der Waals surface area contributed by atoms with Gasteiger partial charge >= 0.3 is 0 Å². The van der Waals surface area contributed by atoms with Crippen molar-refractivity contribution in [2.24, 2.45) is 0 Å². The van der Waals surface area contributed by atoms with Gasteiger partial charge in [0.25, 0.3) is 5.56 Å². The second kappa shape index (κ2) is 10.9. The van der Waals surface area contributed by atoms with Crippen LogP contribution in [0.25, 0.3) is 16.7 Å². The minimum absolute atomic E-state index is 0.00476. The SMILES string of the molecule is CC(C)c1nn(-c2c(Cl)cccc2Cl)c2nc(Cc3ccc(CC(=O)N4CCN(C)CC4)cc3)[nH]c(=O)c12. The summed E-state index contributed by atoms with van der Waals surface area (Å²) in [5.41, 5.74) is 3.21. The van der Waals surface area contributed by atoms with Gasteiger partial charge in [-0.3, -0.25) is 9.59 Å². The van der Waals surface area contributed by atoms with Crippen LogP contribution in [0.15, 0.2) is 47.3 Å². The smallest absolute Gasteiger partial charge is 0.262 e. The standard InChI is InChI=1S/C28H30Cl2N6O2/c1-17(2)25-24-27(36(33-25)26-20(29)5-4-6-21(26)30)31-22(32-28(24)38)15-18-7-9-19(10-8-18)16-23(37)35-13-11-34(3)12-14-35/h4-10,17H,11-16H2,1-3H3,(H,31,32,38). The Morgan fingerprint density at radius 1 is 1.00 bits per heavy atom. The first-order valence-electron chi connectivity index (χ1n) is 12.7. The molecule has 1 amide bonds. The van der Waals surface area contributed by atoms with E-state index in [4.69, 9.17) is 33.3 Å². The van der Waals surface area contributed by atoms with Crippen LogP contribution in [-0.2, 0) is 17.6 Å². The summed E-state index contributed by atoms with van der Waals surface area (Å²) >= 11 is 13.0. The number of amides is 1. The average molecular weight is 553 g/mol. The fraction of sp³-hybridized carbons (Fsp3) is 0.357. The Morgan fingerprint density at radius 3 is 2.26 bits per heavy atom. The molecule has 1 N–H and O–H groups in total. The Kier molecular flexibility index (Phi) is 7.56. The molecule has 8 nitrogen and oxygen atoms in total. The minimum atomic E-state index is -0.252. The number of fused-ring (bicyclic) bond motifs is 1. The summed E-state index contributed by atoms with van der Waals surface area (Å²) in [6.45, 7) is 7.29. The lowest BCUT2D eigenvalue weighted by molar-refractivity contribution is -0.132. The maximum atomic E-state index is 13.2. The number of piperazine rings is 1. The molecule has 1 saturated heterocycles. The molecule has 0 aliphatic carbocycles. The van der Waals surface area contributed by atoms with E-state index in [1.54, 1.807) is 22.9 Å². The molecule has 1 fully saturated rings. The van der Waals surface area contributed by atoms with Gasteiger partial charge in [0.15, 0.2) is 5.65 Å². The van der Waals surface area contributed by atoms with Crippen LogP contribution in [0.4, 0.5) is 0 Å². The molecule has 0 saturated carbocycles. The van der Waals surface area contributed by atoms with Gasteiger partial charge in [0, 0.05) is 32.6 Å². The first-order chi connectivity index (χ1) is 18.2. The van der Waals surface area contributed by atoms with E-state index in [-0.39, 0.29) is 17.4 Å². The Balaban J connectivity index is 1.42. The Labute approximate surface area is 231 Å². The Hall–Kier alpha value is -3.20. The molecular weight excluding hydrogens is 523 g/mol. The number of hydrogen-bond acceptors (Lipinski definition) is 5. The molecule has 2 aromatic carbocycles. The second-order valence-electron chi connectivity index (χ2n) is 10.1. The number of para-hydroxylation sites is 1. The third kappa shape index (κ3) is 5.34. The van der Waals surface area contributed by atoms with Gasteiger partial charge in [-0.15, -0.1) is 0 Å². The molecule has 0 atom stereocenters. The zero-order chi connectivity index (χ0) is 27.0. The summed E-state index contributed by atoms with van der Waals surface area (Å²) in [7, 11) is 2.07. The van der Waals surface area contributed by atoms with E-state index in [0.717, 1.165) is 37.3 Å². The van der Waals surface area contributed by atoms with Crippen molar-refractivity contribution in [2.45, 2.75) is 32.6 Å². The fourth-order valence-electron chi connectivity index (χ4n) is 4.74. The highest BCUT2D eigenvalue weighted by molar-refractivity contribution is 6.37. The van der Waals surface area contributed by atoms with Crippen LogP contribution in [0, 0.1) is 0 Å². The van der Waals surface area contributed by atoms with E-state index in [1.807, 2.05) is 43.0 Å². The molecule has 0 radical (unpaired) electrons. The van der Waals surface area contributed by atoms with E-state index < -0.39 is 0 Å². The molecule has 1 aliphatic rings.